The van der Waals surface area contributed by atoms with Crippen LogP contribution in [0.4, 0.5) is 10.5 Å². The molecule has 2 aliphatic rings. The fourth-order valence-corrected chi connectivity index (χ4v) is 3.51. The summed E-state index contributed by atoms with van der Waals surface area (Å²) in [5, 5.41) is 7.99. The second kappa shape index (κ2) is 7.35. The Morgan fingerprint density at radius 2 is 2.04 bits per heavy atom. The number of benzene rings is 1. The zero-order valence-corrected chi connectivity index (χ0v) is 14.0. The molecule has 2 N–H and O–H groups in total. The van der Waals surface area contributed by atoms with Crippen molar-refractivity contribution in [2.45, 2.75) is 12.1 Å². The maximum Gasteiger partial charge on any atom is 0.319 e. The van der Waals surface area contributed by atoms with Crippen LogP contribution in [0.5, 0.6) is 0 Å². The summed E-state index contributed by atoms with van der Waals surface area (Å²) in [5.74, 6) is 0. The number of ether oxygens (including phenoxy) is 2. The molecule has 2 atom stereocenters. The van der Waals surface area contributed by atoms with E-state index in [0.717, 1.165) is 42.8 Å². The Morgan fingerprint density at radius 3 is 2.92 bits per heavy atom. The molecule has 1 aromatic heterocycles. The van der Waals surface area contributed by atoms with Gasteiger partial charge in [-0.2, -0.15) is 0 Å². The zero-order valence-electron chi connectivity index (χ0n) is 14.0. The number of hydrogen-bond acceptors (Lipinski definition) is 5. The number of carbonyl (C=O) groups excluding carboxylic acids is 1. The van der Waals surface area contributed by atoms with Crippen molar-refractivity contribution in [3.63, 3.8) is 0 Å². The Bertz CT molecular complexity index is 743. The number of morpholine rings is 1. The van der Waals surface area contributed by atoms with Crippen LogP contribution in [-0.2, 0) is 9.47 Å². The lowest BCUT2D eigenvalue weighted by Crippen LogP contribution is -2.54. The smallest absolute Gasteiger partial charge is 0.319 e. The number of aromatic nitrogens is 1. The molecule has 132 valence electrons. The fourth-order valence-electron chi connectivity index (χ4n) is 3.51. The van der Waals surface area contributed by atoms with Gasteiger partial charge >= 0.3 is 6.03 Å². The minimum atomic E-state index is -0.210. The van der Waals surface area contributed by atoms with Crippen LogP contribution in [0, 0.1) is 0 Å². The Balaban J connectivity index is 1.42. The van der Waals surface area contributed by atoms with Gasteiger partial charge in [-0.1, -0.05) is 12.1 Å². The molecule has 0 saturated carbocycles. The third-order valence-corrected chi connectivity index (χ3v) is 4.81. The summed E-state index contributed by atoms with van der Waals surface area (Å²) in [6.45, 7) is 4.41. The molecule has 2 amide bonds. The van der Waals surface area contributed by atoms with Crippen molar-refractivity contribution in [1.29, 1.82) is 0 Å². The monoisotopic (exact) mass is 342 g/mol. The lowest BCUT2D eigenvalue weighted by atomic mass is 10.1. The first kappa shape index (κ1) is 16.3. The van der Waals surface area contributed by atoms with Crippen molar-refractivity contribution >= 4 is 22.5 Å². The predicted octanol–water partition coefficient (Wildman–Crippen LogP) is 1.46. The van der Waals surface area contributed by atoms with E-state index in [-0.39, 0.29) is 18.1 Å². The standard InChI is InChI=1S/C18H22N4O3/c23-18(20-15-3-1-2-13-10-19-5-4-14(13)15)21-16-11-25-12-17(16)22-6-8-24-9-7-22/h1-5,10,16-17H,6-9,11-12H2,(H2,20,21,23)/t16-,17-/m0/s1. The van der Waals surface area contributed by atoms with Gasteiger partial charge in [0.25, 0.3) is 0 Å². The third kappa shape index (κ3) is 3.58. The van der Waals surface area contributed by atoms with E-state index in [1.165, 1.54) is 0 Å². The molecule has 2 aliphatic heterocycles. The Labute approximate surface area is 146 Å². The van der Waals surface area contributed by atoms with Gasteiger partial charge < -0.3 is 20.1 Å². The number of anilines is 1. The van der Waals surface area contributed by atoms with Crippen LogP contribution >= 0.6 is 0 Å². The van der Waals surface area contributed by atoms with Crippen LogP contribution in [0.3, 0.4) is 0 Å². The highest BCUT2D eigenvalue weighted by Gasteiger charge is 2.34. The van der Waals surface area contributed by atoms with Crippen molar-refractivity contribution in [2.75, 3.05) is 44.8 Å². The third-order valence-electron chi connectivity index (χ3n) is 4.81. The molecular weight excluding hydrogens is 320 g/mol. The fraction of sp³-hybridized carbons (Fsp3) is 0.444. The van der Waals surface area contributed by atoms with Gasteiger partial charge in [-0.15, -0.1) is 0 Å². The SMILES string of the molecule is O=C(Nc1cccc2cnccc12)N[C@H]1COC[C@@H]1N1CCOCC1. The Hall–Kier alpha value is -2.22. The summed E-state index contributed by atoms with van der Waals surface area (Å²) in [4.78, 5) is 19.0. The van der Waals surface area contributed by atoms with Crippen molar-refractivity contribution in [3.05, 3.63) is 36.7 Å². The van der Waals surface area contributed by atoms with Gasteiger partial charge in [-0.05, 0) is 12.1 Å². The first-order chi connectivity index (χ1) is 12.3. The maximum absolute atomic E-state index is 12.5. The summed E-state index contributed by atoms with van der Waals surface area (Å²) in [6, 6.07) is 7.66. The lowest BCUT2D eigenvalue weighted by Gasteiger charge is -2.34. The number of amides is 2. The highest BCUT2D eigenvalue weighted by molar-refractivity contribution is 6.01. The summed E-state index contributed by atoms with van der Waals surface area (Å²) in [7, 11) is 0. The highest BCUT2D eigenvalue weighted by Crippen LogP contribution is 2.22. The summed E-state index contributed by atoms with van der Waals surface area (Å²) in [6.07, 6.45) is 3.52. The number of rotatable bonds is 3. The molecule has 0 unspecified atom stereocenters. The van der Waals surface area contributed by atoms with Crippen molar-refractivity contribution < 1.29 is 14.3 Å². The number of pyridine rings is 1. The van der Waals surface area contributed by atoms with Crippen LogP contribution in [0.15, 0.2) is 36.7 Å². The van der Waals surface area contributed by atoms with Gasteiger partial charge in [-0.25, -0.2) is 4.79 Å². The Kier molecular flexibility index (Phi) is 4.78. The molecule has 7 heteroatoms. The van der Waals surface area contributed by atoms with Crippen LogP contribution in [0.2, 0.25) is 0 Å². The first-order valence-electron chi connectivity index (χ1n) is 8.61. The minimum absolute atomic E-state index is 0.0188. The zero-order chi connectivity index (χ0) is 17.1. The van der Waals surface area contributed by atoms with Crippen LogP contribution in [0.25, 0.3) is 10.8 Å². The van der Waals surface area contributed by atoms with E-state index >= 15 is 0 Å². The molecule has 4 rings (SSSR count). The topological polar surface area (TPSA) is 75.7 Å². The van der Waals surface area contributed by atoms with Gasteiger partial charge in [0.05, 0.1) is 44.2 Å². The number of carbonyl (C=O) groups is 1. The summed E-state index contributed by atoms with van der Waals surface area (Å²) in [5.41, 5.74) is 0.777. The van der Waals surface area contributed by atoms with Crippen LogP contribution < -0.4 is 10.6 Å². The van der Waals surface area contributed by atoms with E-state index in [1.807, 2.05) is 24.3 Å². The summed E-state index contributed by atoms with van der Waals surface area (Å²) < 4.78 is 11.0. The van der Waals surface area contributed by atoms with Crippen molar-refractivity contribution in [1.82, 2.24) is 15.2 Å². The molecular formula is C18H22N4O3. The van der Waals surface area contributed by atoms with E-state index in [9.17, 15) is 4.79 Å². The van der Waals surface area contributed by atoms with Crippen LogP contribution in [-0.4, -0.2) is 67.5 Å². The number of hydrogen-bond donors (Lipinski definition) is 2. The second-order valence-electron chi connectivity index (χ2n) is 6.36. The molecule has 0 spiro atoms. The number of fused-ring (bicyclic) bond motifs is 1. The average Bonchev–Trinajstić information content (AvgIpc) is 3.11. The van der Waals surface area contributed by atoms with Crippen molar-refractivity contribution in [3.8, 4) is 0 Å². The first-order valence-corrected chi connectivity index (χ1v) is 8.61. The largest absolute Gasteiger partial charge is 0.379 e. The molecule has 1 aromatic carbocycles. The minimum Gasteiger partial charge on any atom is -0.379 e. The molecule has 0 radical (unpaired) electrons. The molecule has 3 heterocycles. The molecule has 2 saturated heterocycles. The van der Waals surface area contributed by atoms with Gasteiger partial charge in [0.2, 0.25) is 0 Å². The molecule has 25 heavy (non-hydrogen) atoms. The second-order valence-corrected chi connectivity index (χ2v) is 6.36. The van der Waals surface area contributed by atoms with Gasteiger partial charge in [0.15, 0.2) is 0 Å². The number of nitrogens with zero attached hydrogens (tertiary/aromatic N) is 2. The van der Waals surface area contributed by atoms with Gasteiger partial charge in [0, 0.05) is 36.3 Å². The molecule has 7 nitrogen and oxygen atoms in total. The van der Waals surface area contributed by atoms with E-state index in [2.05, 4.69) is 20.5 Å². The van der Waals surface area contributed by atoms with E-state index in [4.69, 9.17) is 9.47 Å². The average molecular weight is 342 g/mol. The highest BCUT2D eigenvalue weighted by atomic mass is 16.5. The van der Waals surface area contributed by atoms with E-state index < -0.39 is 0 Å². The molecule has 0 aliphatic carbocycles. The van der Waals surface area contributed by atoms with E-state index in [0.29, 0.717) is 13.2 Å². The number of nitrogens with one attached hydrogen (secondary N) is 2. The van der Waals surface area contributed by atoms with Gasteiger partial charge in [-0.3, -0.25) is 9.88 Å². The quantitative estimate of drug-likeness (QED) is 0.883. The molecule has 2 aromatic rings. The Morgan fingerprint density at radius 1 is 1.16 bits per heavy atom. The van der Waals surface area contributed by atoms with Crippen LogP contribution in [0.1, 0.15) is 0 Å². The van der Waals surface area contributed by atoms with Gasteiger partial charge in [0.1, 0.15) is 0 Å². The molecule has 2 fully saturated rings. The summed E-state index contributed by atoms with van der Waals surface area (Å²) >= 11 is 0. The number of urea groups is 1. The maximum atomic E-state index is 12.5. The normalized spacial score (nSPS) is 24.3. The van der Waals surface area contributed by atoms with E-state index in [1.54, 1.807) is 12.4 Å². The van der Waals surface area contributed by atoms with Crippen molar-refractivity contribution in [2.24, 2.45) is 0 Å². The predicted molar refractivity (Wildman–Crippen MR) is 94.7 cm³/mol. The molecule has 0 bridgehead atoms. The lowest BCUT2D eigenvalue weighted by molar-refractivity contribution is 0.0113.